The second-order valence-corrected chi connectivity index (χ2v) is 9.12. The summed E-state index contributed by atoms with van der Waals surface area (Å²) in [6, 6.07) is 14.6. The van der Waals surface area contributed by atoms with E-state index in [9.17, 15) is 14.7 Å². The number of hydrogen-bond donors (Lipinski definition) is 1. The molecule has 0 spiro atoms. The number of imidazole rings is 1. The van der Waals surface area contributed by atoms with Crippen LogP contribution in [0.25, 0.3) is 11.1 Å². The van der Waals surface area contributed by atoms with E-state index in [2.05, 4.69) is 6.92 Å². The van der Waals surface area contributed by atoms with Gasteiger partial charge >= 0.3 is 11.7 Å². The van der Waals surface area contributed by atoms with Crippen LogP contribution in [0.1, 0.15) is 62.2 Å². The fraction of sp³-hybridized carbons (Fsp3) is 0.360. The Balaban J connectivity index is 1.98. The Labute approximate surface area is 187 Å². The number of carboxylic acid groups (broad SMARTS) is 1. The van der Waals surface area contributed by atoms with E-state index >= 15 is 0 Å². The molecule has 5 nitrogen and oxygen atoms in total. The maximum Gasteiger partial charge on any atom is 0.336 e. The fourth-order valence-electron chi connectivity index (χ4n) is 3.78. The number of aromatic carboxylic acids is 1. The van der Waals surface area contributed by atoms with Crippen LogP contribution in [0.5, 0.6) is 0 Å². The van der Waals surface area contributed by atoms with Crippen molar-refractivity contribution in [3.8, 4) is 11.1 Å². The summed E-state index contributed by atoms with van der Waals surface area (Å²) in [5.41, 5.74) is 3.06. The van der Waals surface area contributed by atoms with Crippen molar-refractivity contribution in [1.82, 2.24) is 9.13 Å². The molecule has 0 fully saturated rings. The van der Waals surface area contributed by atoms with Crippen molar-refractivity contribution in [3.63, 3.8) is 0 Å². The topological polar surface area (TPSA) is 64.2 Å². The Morgan fingerprint density at radius 3 is 2.29 bits per heavy atom. The van der Waals surface area contributed by atoms with Gasteiger partial charge in [0.05, 0.1) is 17.8 Å². The van der Waals surface area contributed by atoms with E-state index in [0.717, 1.165) is 36.1 Å². The van der Waals surface area contributed by atoms with E-state index in [-0.39, 0.29) is 11.3 Å². The minimum Gasteiger partial charge on any atom is -0.478 e. The third kappa shape index (κ3) is 4.77. The molecule has 6 heteroatoms. The standard InChI is InChI=1S/C25H29ClN2O3/c1-5-6-11-21-22(26)28(25(2,3)4)24(31)27(21)16-17-12-14-18(15-13-17)19-9-7-8-10-20(19)23(29)30/h7-10,12-15H,5-6,11,16H2,1-4H3,(H,29,30). The minimum atomic E-state index is -0.954. The van der Waals surface area contributed by atoms with Crippen LogP contribution in [0.2, 0.25) is 5.15 Å². The number of carbonyl (C=O) groups is 1. The lowest BCUT2D eigenvalue weighted by Gasteiger charge is -2.20. The number of nitrogens with zero attached hydrogens (tertiary/aromatic N) is 2. The maximum atomic E-state index is 13.2. The van der Waals surface area contributed by atoms with Crippen molar-refractivity contribution >= 4 is 17.6 Å². The van der Waals surface area contributed by atoms with Gasteiger partial charge in [-0.1, -0.05) is 67.4 Å². The minimum absolute atomic E-state index is 0.107. The van der Waals surface area contributed by atoms with Crippen LogP contribution in [-0.2, 0) is 18.5 Å². The summed E-state index contributed by atoms with van der Waals surface area (Å²) in [5, 5.41) is 9.96. The summed E-state index contributed by atoms with van der Waals surface area (Å²) >= 11 is 6.66. The van der Waals surface area contributed by atoms with Gasteiger partial charge in [-0.3, -0.25) is 9.13 Å². The molecule has 0 atom stereocenters. The highest BCUT2D eigenvalue weighted by molar-refractivity contribution is 6.30. The van der Waals surface area contributed by atoms with E-state index in [4.69, 9.17) is 11.6 Å². The highest BCUT2D eigenvalue weighted by Crippen LogP contribution is 2.27. The number of aromatic nitrogens is 2. The Morgan fingerprint density at radius 1 is 1.06 bits per heavy atom. The van der Waals surface area contributed by atoms with Gasteiger partial charge in [0.1, 0.15) is 5.15 Å². The van der Waals surface area contributed by atoms with Gasteiger partial charge in [-0.05, 0) is 56.4 Å². The molecule has 0 saturated carbocycles. The van der Waals surface area contributed by atoms with Crippen LogP contribution in [0.4, 0.5) is 0 Å². The lowest BCUT2D eigenvalue weighted by atomic mass is 9.99. The van der Waals surface area contributed by atoms with Crippen LogP contribution in [0.15, 0.2) is 53.3 Å². The molecule has 3 rings (SSSR count). The smallest absolute Gasteiger partial charge is 0.336 e. The first kappa shape index (κ1) is 22.9. The first-order valence-electron chi connectivity index (χ1n) is 10.6. The molecule has 1 aromatic heterocycles. The van der Waals surface area contributed by atoms with Gasteiger partial charge in [0, 0.05) is 5.54 Å². The Morgan fingerprint density at radius 2 is 1.71 bits per heavy atom. The van der Waals surface area contributed by atoms with Crippen LogP contribution < -0.4 is 5.69 Å². The molecule has 0 aliphatic carbocycles. The summed E-state index contributed by atoms with van der Waals surface area (Å²) in [6.45, 7) is 8.46. The van der Waals surface area contributed by atoms with Crippen LogP contribution in [0.3, 0.4) is 0 Å². The average Bonchev–Trinajstić information content (AvgIpc) is 2.96. The van der Waals surface area contributed by atoms with Crippen LogP contribution in [0, 0.1) is 0 Å². The van der Waals surface area contributed by atoms with Crippen LogP contribution >= 0.6 is 11.6 Å². The second kappa shape index (κ2) is 9.15. The number of carboxylic acids is 1. The number of rotatable bonds is 7. The Hall–Kier alpha value is -2.79. The normalized spacial score (nSPS) is 11.6. The quantitative estimate of drug-likeness (QED) is 0.503. The second-order valence-electron chi connectivity index (χ2n) is 8.76. The van der Waals surface area contributed by atoms with E-state index in [0.29, 0.717) is 17.3 Å². The van der Waals surface area contributed by atoms with E-state index in [1.165, 1.54) is 0 Å². The van der Waals surface area contributed by atoms with Gasteiger partial charge in [-0.2, -0.15) is 0 Å². The predicted molar refractivity (Wildman–Crippen MR) is 125 cm³/mol. The van der Waals surface area contributed by atoms with Crippen molar-refractivity contribution in [2.45, 2.75) is 59.0 Å². The number of hydrogen-bond acceptors (Lipinski definition) is 2. The monoisotopic (exact) mass is 440 g/mol. The molecule has 0 unspecified atom stereocenters. The van der Waals surface area contributed by atoms with Crippen molar-refractivity contribution in [3.05, 3.63) is 81.0 Å². The third-order valence-corrected chi connectivity index (χ3v) is 5.77. The lowest BCUT2D eigenvalue weighted by molar-refractivity contribution is 0.0697. The largest absolute Gasteiger partial charge is 0.478 e. The number of benzene rings is 2. The Kier molecular flexibility index (Phi) is 6.75. The highest BCUT2D eigenvalue weighted by Gasteiger charge is 2.25. The summed E-state index contributed by atoms with van der Waals surface area (Å²) in [5.74, 6) is -0.954. The molecular weight excluding hydrogens is 412 g/mol. The SMILES string of the molecule is CCCCc1c(Cl)n(C(C)(C)C)c(=O)n1Cc1ccc(-c2ccccc2C(=O)O)cc1. The van der Waals surface area contributed by atoms with Gasteiger partial charge in [0.2, 0.25) is 0 Å². The van der Waals surface area contributed by atoms with Gasteiger partial charge < -0.3 is 5.11 Å². The molecule has 0 aliphatic heterocycles. The highest BCUT2D eigenvalue weighted by atomic mass is 35.5. The van der Waals surface area contributed by atoms with Gasteiger partial charge in [0.15, 0.2) is 0 Å². The molecule has 0 radical (unpaired) electrons. The summed E-state index contributed by atoms with van der Waals surface area (Å²) in [6.07, 6.45) is 2.72. The molecule has 1 heterocycles. The first-order valence-corrected chi connectivity index (χ1v) is 10.9. The van der Waals surface area contributed by atoms with Crippen LogP contribution in [-0.4, -0.2) is 20.2 Å². The maximum absolute atomic E-state index is 13.2. The summed E-state index contributed by atoms with van der Waals surface area (Å²) in [4.78, 5) is 24.7. The van der Waals surface area contributed by atoms with Gasteiger partial charge in [-0.25, -0.2) is 9.59 Å². The molecule has 1 N–H and O–H groups in total. The van der Waals surface area contributed by atoms with Crippen molar-refractivity contribution in [2.24, 2.45) is 0 Å². The average molecular weight is 441 g/mol. The fourth-order valence-corrected chi connectivity index (χ4v) is 4.30. The molecule has 2 aromatic carbocycles. The van der Waals surface area contributed by atoms with Gasteiger partial charge in [0.25, 0.3) is 0 Å². The molecular formula is C25H29ClN2O3. The van der Waals surface area contributed by atoms with Crippen molar-refractivity contribution in [2.75, 3.05) is 0 Å². The molecule has 0 saturated heterocycles. The van der Waals surface area contributed by atoms with Gasteiger partial charge in [-0.15, -0.1) is 0 Å². The summed E-state index contributed by atoms with van der Waals surface area (Å²) in [7, 11) is 0. The molecule has 31 heavy (non-hydrogen) atoms. The predicted octanol–water partition coefficient (Wildman–Crippen LogP) is 5.81. The van der Waals surface area contributed by atoms with E-state index in [1.807, 2.05) is 51.1 Å². The summed E-state index contributed by atoms with van der Waals surface area (Å²) < 4.78 is 3.43. The molecule has 164 valence electrons. The number of halogens is 1. The lowest BCUT2D eigenvalue weighted by Crippen LogP contribution is -2.35. The molecule has 0 bridgehead atoms. The molecule has 0 amide bonds. The molecule has 3 aromatic rings. The van der Waals surface area contributed by atoms with E-state index in [1.54, 1.807) is 27.3 Å². The first-order chi connectivity index (χ1) is 14.6. The van der Waals surface area contributed by atoms with Crippen molar-refractivity contribution in [1.29, 1.82) is 0 Å². The zero-order valence-electron chi connectivity index (χ0n) is 18.5. The molecule has 0 aliphatic rings. The van der Waals surface area contributed by atoms with E-state index < -0.39 is 11.5 Å². The Bertz CT molecular complexity index is 1140. The number of unbranched alkanes of at least 4 members (excludes halogenated alkanes) is 1. The zero-order valence-corrected chi connectivity index (χ0v) is 19.2. The van der Waals surface area contributed by atoms with Crippen molar-refractivity contribution < 1.29 is 9.90 Å². The third-order valence-electron chi connectivity index (χ3n) is 5.38. The zero-order chi connectivity index (χ0) is 22.8.